The van der Waals surface area contributed by atoms with E-state index in [4.69, 9.17) is 9.47 Å². The number of ether oxygens (including phenoxy) is 2. The summed E-state index contributed by atoms with van der Waals surface area (Å²) in [5, 5.41) is 5.73. The molecule has 7 heteroatoms. The van der Waals surface area contributed by atoms with Crippen molar-refractivity contribution in [2.24, 2.45) is 0 Å². The third-order valence-electron chi connectivity index (χ3n) is 4.21. The molecule has 0 aliphatic carbocycles. The van der Waals surface area contributed by atoms with E-state index in [1.807, 2.05) is 30.5 Å². The molecule has 0 unspecified atom stereocenters. The Kier molecular flexibility index (Phi) is 8.68. The monoisotopic (exact) mass is 402 g/mol. The molecule has 2 rings (SSSR count). The summed E-state index contributed by atoms with van der Waals surface area (Å²) in [6.07, 6.45) is 2.52. The van der Waals surface area contributed by atoms with Gasteiger partial charge in [0.05, 0.1) is 14.2 Å². The summed E-state index contributed by atoms with van der Waals surface area (Å²) >= 11 is 1.63. The molecule has 2 N–H and O–H groups in total. The fraction of sp³-hybridized carbons (Fsp3) is 0.333. The summed E-state index contributed by atoms with van der Waals surface area (Å²) in [5.41, 5.74) is 1.44. The summed E-state index contributed by atoms with van der Waals surface area (Å²) in [5.74, 6) is 1.72. The second-order valence-electron chi connectivity index (χ2n) is 6.10. The zero-order valence-corrected chi connectivity index (χ0v) is 17.2. The summed E-state index contributed by atoms with van der Waals surface area (Å²) in [7, 11) is 3.18. The Morgan fingerprint density at radius 1 is 0.964 bits per heavy atom. The number of methoxy groups -OCH3 is 2. The molecule has 0 aromatic heterocycles. The number of nitrogens with one attached hydrogen (secondary N) is 2. The Morgan fingerprint density at radius 3 is 2.07 bits per heavy atom. The number of hydrogen-bond donors (Lipinski definition) is 2. The predicted octanol–water partition coefficient (Wildman–Crippen LogP) is 2.87. The third-order valence-corrected chi connectivity index (χ3v) is 4.85. The lowest BCUT2D eigenvalue weighted by Gasteiger charge is -2.18. The van der Waals surface area contributed by atoms with Crippen molar-refractivity contribution in [1.29, 1.82) is 0 Å². The van der Waals surface area contributed by atoms with Crippen LogP contribution in [0.2, 0.25) is 0 Å². The van der Waals surface area contributed by atoms with Gasteiger partial charge in [0.2, 0.25) is 5.91 Å². The third kappa shape index (κ3) is 6.49. The van der Waals surface area contributed by atoms with Crippen molar-refractivity contribution in [2.75, 3.05) is 26.2 Å². The van der Waals surface area contributed by atoms with E-state index in [1.54, 1.807) is 50.2 Å². The van der Waals surface area contributed by atoms with Crippen LogP contribution in [0.15, 0.2) is 48.5 Å². The van der Waals surface area contributed by atoms with Crippen LogP contribution < -0.4 is 20.1 Å². The standard InChI is InChI=1S/C21H26N2O4S/c1-26-17-8-4-15(5-9-17)14-22-21(25)19(12-13-28-3)23-20(24)16-6-10-18(27-2)11-7-16/h4-11,19H,12-14H2,1-3H3,(H,22,25)(H,23,24)/t19-/m1/s1. The van der Waals surface area contributed by atoms with Gasteiger partial charge in [-0.15, -0.1) is 0 Å². The lowest BCUT2D eigenvalue weighted by molar-refractivity contribution is -0.123. The van der Waals surface area contributed by atoms with Crippen molar-refractivity contribution in [3.05, 3.63) is 59.7 Å². The van der Waals surface area contributed by atoms with E-state index in [0.717, 1.165) is 17.1 Å². The lowest BCUT2D eigenvalue weighted by Crippen LogP contribution is -2.46. The highest BCUT2D eigenvalue weighted by molar-refractivity contribution is 7.98. The average Bonchev–Trinajstić information content (AvgIpc) is 2.75. The molecule has 0 saturated heterocycles. The van der Waals surface area contributed by atoms with Crippen molar-refractivity contribution in [1.82, 2.24) is 10.6 Å². The number of carbonyl (C=O) groups is 2. The molecule has 2 amide bonds. The molecule has 2 aromatic carbocycles. The molecule has 28 heavy (non-hydrogen) atoms. The van der Waals surface area contributed by atoms with Crippen LogP contribution >= 0.6 is 11.8 Å². The van der Waals surface area contributed by atoms with Gasteiger partial charge in [-0.05, 0) is 60.4 Å². The van der Waals surface area contributed by atoms with E-state index in [2.05, 4.69) is 10.6 Å². The van der Waals surface area contributed by atoms with E-state index < -0.39 is 6.04 Å². The van der Waals surface area contributed by atoms with Crippen LogP contribution in [-0.4, -0.2) is 44.1 Å². The fourth-order valence-corrected chi connectivity index (χ4v) is 3.02. The summed E-state index contributed by atoms with van der Waals surface area (Å²) in [6, 6.07) is 13.7. The van der Waals surface area contributed by atoms with Crippen LogP contribution in [0, 0.1) is 0 Å². The maximum Gasteiger partial charge on any atom is 0.251 e. The van der Waals surface area contributed by atoms with Gasteiger partial charge in [0.1, 0.15) is 17.5 Å². The van der Waals surface area contributed by atoms with Crippen LogP contribution in [0.1, 0.15) is 22.3 Å². The first-order valence-corrected chi connectivity index (χ1v) is 10.3. The molecule has 0 fully saturated rings. The number of rotatable bonds is 10. The van der Waals surface area contributed by atoms with Gasteiger partial charge in [-0.25, -0.2) is 0 Å². The van der Waals surface area contributed by atoms with Crippen molar-refractivity contribution in [3.8, 4) is 11.5 Å². The first kappa shape index (κ1) is 21.6. The van der Waals surface area contributed by atoms with E-state index in [0.29, 0.717) is 24.3 Å². The Balaban J connectivity index is 1.97. The molecule has 0 radical (unpaired) electrons. The van der Waals surface area contributed by atoms with Gasteiger partial charge in [-0.3, -0.25) is 9.59 Å². The number of hydrogen-bond acceptors (Lipinski definition) is 5. The summed E-state index contributed by atoms with van der Waals surface area (Å²) in [6.45, 7) is 0.386. The van der Waals surface area contributed by atoms with Crippen LogP contribution in [0.5, 0.6) is 11.5 Å². The summed E-state index contributed by atoms with van der Waals surface area (Å²) in [4.78, 5) is 25.1. The number of benzene rings is 2. The quantitative estimate of drug-likeness (QED) is 0.639. The Morgan fingerprint density at radius 2 is 1.54 bits per heavy atom. The molecule has 0 spiro atoms. The Hall–Kier alpha value is -2.67. The van der Waals surface area contributed by atoms with Crippen LogP contribution in [0.3, 0.4) is 0 Å². The molecule has 6 nitrogen and oxygen atoms in total. The highest BCUT2D eigenvalue weighted by Gasteiger charge is 2.21. The minimum absolute atomic E-state index is 0.202. The first-order valence-electron chi connectivity index (χ1n) is 8.92. The van der Waals surface area contributed by atoms with Gasteiger partial charge in [0, 0.05) is 12.1 Å². The maximum atomic E-state index is 12.6. The fourth-order valence-electron chi connectivity index (χ4n) is 2.54. The van der Waals surface area contributed by atoms with Gasteiger partial charge in [0.25, 0.3) is 5.91 Å². The van der Waals surface area contributed by atoms with Crippen molar-refractivity contribution < 1.29 is 19.1 Å². The van der Waals surface area contributed by atoms with E-state index in [1.165, 1.54) is 0 Å². The van der Waals surface area contributed by atoms with Crippen LogP contribution in [-0.2, 0) is 11.3 Å². The highest BCUT2D eigenvalue weighted by Crippen LogP contribution is 2.13. The lowest BCUT2D eigenvalue weighted by atomic mass is 10.1. The highest BCUT2D eigenvalue weighted by atomic mass is 32.2. The predicted molar refractivity (Wildman–Crippen MR) is 112 cm³/mol. The number of thioether (sulfide) groups is 1. The molecule has 2 aromatic rings. The maximum absolute atomic E-state index is 12.6. The minimum Gasteiger partial charge on any atom is -0.497 e. The van der Waals surface area contributed by atoms with Gasteiger partial charge in [-0.1, -0.05) is 12.1 Å². The number of amides is 2. The average molecular weight is 403 g/mol. The Bertz CT molecular complexity index is 763. The van der Waals surface area contributed by atoms with Gasteiger partial charge < -0.3 is 20.1 Å². The van der Waals surface area contributed by atoms with Crippen molar-refractivity contribution in [2.45, 2.75) is 19.0 Å². The topological polar surface area (TPSA) is 76.7 Å². The minimum atomic E-state index is -0.597. The van der Waals surface area contributed by atoms with E-state index in [-0.39, 0.29) is 11.8 Å². The second-order valence-corrected chi connectivity index (χ2v) is 7.09. The zero-order chi connectivity index (χ0) is 20.4. The second kappa shape index (κ2) is 11.2. The van der Waals surface area contributed by atoms with Gasteiger partial charge in [0.15, 0.2) is 0 Å². The molecule has 0 aliphatic rings. The molecular formula is C21H26N2O4S. The van der Waals surface area contributed by atoms with E-state index in [9.17, 15) is 9.59 Å². The van der Waals surface area contributed by atoms with Crippen LogP contribution in [0.4, 0.5) is 0 Å². The molecule has 0 bridgehead atoms. The van der Waals surface area contributed by atoms with E-state index >= 15 is 0 Å². The first-order chi connectivity index (χ1) is 13.6. The van der Waals surface area contributed by atoms with Crippen LogP contribution in [0.25, 0.3) is 0 Å². The molecule has 0 saturated carbocycles. The molecule has 0 heterocycles. The molecule has 1 atom stereocenters. The SMILES string of the molecule is COc1ccc(CNC(=O)[C@@H](CCSC)NC(=O)c2ccc(OC)cc2)cc1. The Labute approximate surface area is 170 Å². The molecule has 150 valence electrons. The van der Waals surface area contributed by atoms with Crippen molar-refractivity contribution >= 4 is 23.6 Å². The molecule has 0 aliphatic heterocycles. The zero-order valence-electron chi connectivity index (χ0n) is 16.4. The van der Waals surface area contributed by atoms with Crippen molar-refractivity contribution in [3.63, 3.8) is 0 Å². The largest absolute Gasteiger partial charge is 0.497 e. The molecular weight excluding hydrogens is 376 g/mol. The smallest absolute Gasteiger partial charge is 0.251 e. The van der Waals surface area contributed by atoms with Gasteiger partial charge in [-0.2, -0.15) is 11.8 Å². The number of carbonyl (C=O) groups excluding carboxylic acids is 2. The van der Waals surface area contributed by atoms with Gasteiger partial charge >= 0.3 is 0 Å². The summed E-state index contributed by atoms with van der Waals surface area (Å²) < 4.78 is 10.2. The normalized spacial score (nSPS) is 11.4.